The largest absolute Gasteiger partial charge is 0.497 e. The zero-order valence-corrected chi connectivity index (χ0v) is 13.3. The van der Waals surface area contributed by atoms with Crippen molar-refractivity contribution in [3.05, 3.63) is 29.3 Å². The molecule has 0 heterocycles. The molecule has 0 atom stereocenters. The van der Waals surface area contributed by atoms with Crippen LogP contribution in [0.2, 0.25) is 0 Å². The second-order valence-corrected chi connectivity index (χ2v) is 5.24. The third-order valence-corrected chi connectivity index (χ3v) is 3.48. The number of aldehydes is 1. The van der Waals surface area contributed by atoms with Crippen LogP contribution in [-0.2, 0) is 4.79 Å². The van der Waals surface area contributed by atoms with Gasteiger partial charge in [0.2, 0.25) is 0 Å². The SMILES string of the molecule is COc1ccc(C(=O)NCCCCCCCC(=O)O)c(C=O)c1. The van der Waals surface area contributed by atoms with Crippen LogP contribution in [0.1, 0.15) is 59.2 Å². The molecule has 1 aromatic carbocycles. The van der Waals surface area contributed by atoms with Crippen molar-refractivity contribution in [2.45, 2.75) is 38.5 Å². The molecule has 0 spiro atoms. The summed E-state index contributed by atoms with van der Waals surface area (Å²) in [7, 11) is 1.50. The van der Waals surface area contributed by atoms with Crippen LogP contribution >= 0.6 is 0 Å². The molecule has 0 saturated heterocycles. The number of aliphatic carboxylic acids is 1. The van der Waals surface area contributed by atoms with Gasteiger partial charge in [-0.1, -0.05) is 19.3 Å². The maximum atomic E-state index is 12.1. The number of hydrogen-bond acceptors (Lipinski definition) is 4. The number of carbonyl (C=O) groups excluding carboxylic acids is 2. The smallest absolute Gasteiger partial charge is 0.303 e. The Labute approximate surface area is 135 Å². The molecule has 0 saturated carbocycles. The van der Waals surface area contributed by atoms with Gasteiger partial charge in [0.1, 0.15) is 5.75 Å². The molecular formula is C17H23NO5. The van der Waals surface area contributed by atoms with Gasteiger partial charge in [0.05, 0.1) is 12.7 Å². The first kappa shape index (κ1) is 18.7. The van der Waals surface area contributed by atoms with E-state index in [9.17, 15) is 14.4 Å². The summed E-state index contributed by atoms with van der Waals surface area (Å²) in [5.74, 6) is -0.506. The summed E-state index contributed by atoms with van der Waals surface area (Å²) in [6.45, 7) is 0.530. The zero-order valence-electron chi connectivity index (χ0n) is 13.3. The van der Waals surface area contributed by atoms with Crippen LogP contribution < -0.4 is 10.1 Å². The Morgan fingerprint density at radius 2 is 1.87 bits per heavy atom. The zero-order chi connectivity index (χ0) is 17.1. The lowest BCUT2D eigenvalue weighted by Crippen LogP contribution is -2.25. The van der Waals surface area contributed by atoms with E-state index >= 15 is 0 Å². The maximum Gasteiger partial charge on any atom is 0.303 e. The normalized spacial score (nSPS) is 10.1. The van der Waals surface area contributed by atoms with Gasteiger partial charge in [-0.15, -0.1) is 0 Å². The molecule has 0 aromatic heterocycles. The Kier molecular flexibility index (Phi) is 8.42. The number of carboxylic acid groups (broad SMARTS) is 1. The van der Waals surface area contributed by atoms with Gasteiger partial charge in [0.25, 0.3) is 5.91 Å². The Bertz CT molecular complexity index is 542. The predicted octanol–water partition coefficient (Wildman–Crippen LogP) is 2.66. The fourth-order valence-electron chi connectivity index (χ4n) is 2.20. The van der Waals surface area contributed by atoms with Crippen LogP contribution in [0.15, 0.2) is 18.2 Å². The topological polar surface area (TPSA) is 92.7 Å². The third kappa shape index (κ3) is 6.95. The van der Waals surface area contributed by atoms with E-state index in [-0.39, 0.29) is 12.3 Å². The molecule has 6 nitrogen and oxygen atoms in total. The highest BCUT2D eigenvalue weighted by atomic mass is 16.5. The highest BCUT2D eigenvalue weighted by Crippen LogP contribution is 2.16. The molecule has 0 fully saturated rings. The second kappa shape index (κ2) is 10.4. The van der Waals surface area contributed by atoms with Gasteiger partial charge in [-0.05, 0) is 31.0 Å². The molecule has 1 aromatic rings. The summed E-state index contributed by atoms with van der Waals surface area (Å²) in [6, 6.07) is 4.75. The predicted molar refractivity (Wildman–Crippen MR) is 86.1 cm³/mol. The lowest BCUT2D eigenvalue weighted by atomic mass is 10.1. The average Bonchev–Trinajstić information content (AvgIpc) is 2.56. The number of amides is 1. The van der Waals surface area contributed by atoms with E-state index in [0.29, 0.717) is 36.1 Å². The number of unbranched alkanes of at least 4 members (excludes halogenated alkanes) is 4. The van der Waals surface area contributed by atoms with Crippen molar-refractivity contribution in [3.8, 4) is 5.75 Å². The van der Waals surface area contributed by atoms with E-state index in [2.05, 4.69) is 5.32 Å². The van der Waals surface area contributed by atoms with Gasteiger partial charge in [0, 0.05) is 18.5 Å². The molecule has 23 heavy (non-hydrogen) atoms. The monoisotopic (exact) mass is 321 g/mol. The van der Waals surface area contributed by atoms with Crippen molar-refractivity contribution in [1.82, 2.24) is 5.32 Å². The van der Waals surface area contributed by atoms with E-state index < -0.39 is 5.97 Å². The number of rotatable bonds is 11. The Morgan fingerprint density at radius 3 is 2.52 bits per heavy atom. The standard InChI is InChI=1S/C17H23NO5/c1-23-14-8-9-15(13(11-14)12-19)17(22)18-10-6-4-2-3-5-7-16(20)21/h8-9,11-12H,2-7,10H2,1H3,(H,18,22)(H,20,21). The lowest BCUT2D eigenvalue weighted by Gasteiger charge is -2.08. The molecule has 0 radical (unpaired) electrons. The minimum absolute atomic E-state index is 0.211. The second-order valence-electron chi connectivity index (χ2n) is 5.24. The molecule has 6 heteroatoms. The fraction of sp³-hybridized carbons (Fsp3) is 0.471. The maximum absolute atomic E-state index is 12.1. The van der Waals surface area contributed by atoms with Gasteiger partial charge in [-0.25, -0.2) is 0 Å². The summed E-state index contributed by atoms with van der Waals surface area (Å²) >= 11 is 0. The molecule has 126 valence electrons. The summed E-state index contributed by atoms with van der Waals surface area (Å²) in [5.41, 5.74) is 0.637. The van der Waals surface area contributed by atoms with Gasteiger partial charge in [-0.2, -0.15) is 0 Å². The van der Waals surface area contributed by atoms with Crippen LogP contribution in [0.4, 0.5) is 0 Å². The first-order valence-electron chi connectivity index (χ1n) is 7.71. The van der Waals surface area contributed by atoms with E-state index in [1.807, 2.05) is 0 Å². The molecule has 0 aliphatic carbocycles. The molecule has 0 aliphatic rings. The van der Waals surface area contributed by atoms with E-state index in [4.69, 9.17) is 9.84 Å². The first-order chi connectivity index (χ1) is 11.1. The van der Waals surface area contributed by atoms with Gasteiger partial charge in [-0.3, -0.25) is 14.4 Å². The van der Waals surface area contributed by atoms with Gasteiger partial charge in [0.15, 0.2) is 6.29 Å². The van der Waals surface area contributed by atoms with Crippen LogP contribution in [0, 0.1) is 0 Å². The minimum Gasteiger partial charge on any atom is -0.497 e. The number of carbonyl (C=O) groups is 3. The minimum atomic E-state index is -0.761. The highest BCUT2D eigenvalue weighted by molar-refractivity contribution is 6.01. The quantitative estimate of drug-likeness (QED) is 0.483. The number of carboxylic acids is 1. The number of benzene rings is 1. The van der Waals surface area contributed by atoms with E-state index in [1.54, 1.807) is 12.1 Å². The van der Waals surface area contributed by atoms with Crippen LogP contribution in [0.5, 0.6) is 5.75 Å². The van der Waals surface area contributed by atoms with Crippen molar-refractivity contribution in [3.63, 3.8) is 0 Å². The van der Waals surface area contributed by atoms with Crippen molar-refractivity contribution in [1.29, 1.82) is 0 Å². The number of nitrogens with one attached hydrogen (secondary N) is 1. The van der Waals surface area contributed by atoms with Gasteiger partial charge < -0.3 is 15.2 Å². The molecule has 2 N–H and O–H groups in total. The molecular weight excluding hydrogens is 298 g/mol. The summed E-state index contributed by atoms with van der Waals surface area (Å²) in [4.78, 5) is 33.5. The lowest BCUT2D eigenvalue weighted by molar-refractivity contribution is -0.137. The Hall–Kier alpha value is -2.37. The van der Waals surface area contributed by atoms with Gasteiger partial charge >= 0.3 is 5.97 Å². The number of hydrogen-bond donors (Lipinski definition) is 2. The summed E-state index contributed by atoms with van der Waals surface area (Å²) in [6.07, 6.45) is 5.13. The van der Waals surface area contributed by atoms with Crippen molar-refractivity contribution < 1.29 is 24.2 Å². The van der Waals surface area contributed by atoms with E-state index in [1.165, 1.54) is 13.2 Å². The molecule has 0 aliphatic heterocycles. The molecule has 0 bridgehead atoms. The van der Waals surface area contributed by atoms with Crippen LogP contribution in [-0.4, -0.2) is 36.9 Å². The summed E-state index contributed by atoms with van der Waals surface area (Å²) in [5, 5.41) is 11.3. The molecule has 0 unspecified atom stereocenters. The van der Waals surface area contributed by atoms with Crippen LogP contribution in [0.3, 0.4) is 0 Å². The number of methoxy groups -OCH3 is 1. The summed E-state index contributed by atoms with van der Waals surface area (Å²) < 4.78 is 5.02. The first-order valence-corrected chi connectivity index (χ1v) is 7.71. The van der Waals surface area contributed by atoms with Crippen molar-refractivity contribution >= 4 is 18.2 Å². The van der Waals surface area contributed by atoms with Crippen molar-refractivity contribution in [2.24, 2.45) is 0 Å². The Balaban J connectivity index is 2.29. The average molecular weight is 321 g/mol. The number of ether oxygens (including phenoxy) is 1. The van der Waals surface area contributed by atoms with Crippen molar-refractivity contribution in [2.75, 3.05) is 13.7 Å². The van der Waals surface area contributed by atoms with E-state index in [0.717, 1.165) is 25.7 Å². The molecule has 1 rings (SSSR count). The van der Waals surface area contributed by atoms with Crippen LogP contribution in [0.25, 0.3) is 0 Å². The fourth-order valence-corrected chi connectivity index (χ4v) is 2.20. The molecule has 1 amide bonds. The third-order valence-electron chi connectivity index (χ3n) is 3.48. The highest BCUT2D eigenvalue weighted by Gasteiger charge is 2.11. The Morgan fingerprint density at radius 1 is 1.17 bits per heavy atom.